The SMILES string of the molecule is CCCNC(c1ccsc1)c1ccc(COC)o1. The summed E-state index contributed by atoms with van der Waals surface area (Å²) in [5.74, 6) is 1.82. The van der Waals surface area contributed by atoms with Gasteiger partial charge in [0.15, 0.2) is 0 Å². The molecule has 0 aliphatic heterocycles. The topological polar surface area (TPSA) is 34.4 Å². The minimum atomic E-state index is 0.141. The van der Waals surface area contributed by atoms with E-state index >= 15 is 0 Å². The first-order valence-electron chi connectivity index (χ1n) is 6.18. The van der Waals surface area contributed by atoms with Gasteiger partial charge < -0.3 is 14.5 Å². The lowest BCUT2D eigenvalue weighted by molar-refractivity contribution is 0.162. The molecule has 4 heteroatoms. The molecule has 2 rings (SSSR count). The lowest BCUT2D eigenvalue weighted by atomic mass is 10.1. The van der Waals surface area contributed by atoms with E-state index in [4.69, 9.17) is 9.15 Å². The van der Waals surface area contributed by atoms with Crippen LogP contribution >= 0.6 is 11.3 Å². The molecule has 0 amide bonds. The Bertz CT molecular complexity index is 450. The van der Waals surface area contributed by atoms with Gasteiger partial charge >= 0.3 is 0 Å². The van der Waals surface area contributed by atoms with E-state index in [1.807, 2.05) is 12.1 Å². The van der Waals surface area contributed by atoms with Gasteiger partial charge in [-0.25, -0.2) is 0 Å². The van der Waals surface area contributed by atoms with Gasteiger partial charge in [0.25, 0.3) is 0 Å². The largest absolute Gasteiger partial charge is 0.462 e. The fourth-order valence-corrected chi connectivity index (χ4v) is 2.57. The fourth-order valence-electron chi connectivity index (χ4n) is 1.88. The lowest BCUT2D eigenvalue weighted by Gasteiger charge is -2.15. The van der Waals surface area contributed by atoms with E-state index in [9.17, 15) is 0 Å². The number of methoxy groups -OCH3 is 1. The number of furan rings is 1. The molecule has 0 bridgehead atoms. The Labute approximate surface area is 112 Å². The Balaban J connectivity index is 2.16. The van der Waals surface area contributed by atoms with E-state index in [1.165, 1.54) is 5.56 Å². The molecule has 2 aromatic rings. The number of thiophene rings is 1. The first kappa shape index (κ1) is 13.3. The van der Waals surface area contributed by atoms with Crippen LogP contribution in [0, 0.1) is 0 Å². The highest BCUT2D eigenvalue weighted by Gasteiger charge is 2.17. The summed E-state index contributed by atoms with van der Waals surface area (Å²) in [6.45, 7) is 3.65. The van der Waals surface area contributed by atoms with Crippen LogP contribution < -0.4 is 5.32 Å². The van der Waals surface area contributed by atoms with Crippen molar-refractivity contribution in [3.05, 3.63) is 46.0 Å². The zero-order valence-corrected chi connectivity index (χ0v) is 11.6. The summed E-state index contributed by atoms with van der Waals surface area (Å²) < 4.78 is 10.9. The number of rotatable bonds is 7. The van der Waals surface area contributed by atoms with E-state index in [0.29, 0.717) is 6.61 Å². The smallest absolute Gasteiger partial charge is 0.129 e. The van der Waals surface area contributed by atoms with Gasteiger partial charge in [-0.3, -0.25) is 0 Å². The van der Waals surface area contributed by atoms with Crippen molar-refractivity contribution in [3.8, 4) is 0 Å². The minimum absolute atomic E-state index is 0.141. The molecule has 0 aliphatic carbocycles. The predicted octanol–water partition coefficient (Wildman–Crippen LogP) is 3.58. The number of hydrogen-bond acceptors (Lipinski definition) is 4. The molecule has 1 N–H and O–H groups in total. The van der Waals surface area contributed by atoms with E-state index in [1.54, 1.807) is 18.4 Å². The molecule has 18 heavy (non-hydrogen) atoms. The third-order valence-corrected chi connectivity index (χ3v) is 3.43. The van der Waals surface area contributed by atoms with Gasteiger partial charge in [-0.15, -0.1) is 0 Å². The molecule has 0 aliphatic rings. The van der Waals surface area contributed by atoms with E-state index in [2.05, 4.69) is 29.1 Å². The summed E-state index contributed by atoms with van der Waals surface area (Å²) in [5.41, 5.74) is 1.26. The van der Waals surface area contributed by atoms with Gasteiger partial charge in [0, 0.05) is 7.11 Å². The quantitative estimate of drug-likeness (QED) is 0.831. The van der Waals surface area contributed by atoms with Crippen LogP contribution in [0.2, 0.25) is 0 Å². The average molecular weight is 265 g/mol. The van der Waals surface area contributed by atoms with Gasteiger partial charge in [0.05, 0.1) is 6.04 Å². The summed E-state index contributed by atoms with van der Waals surface area (Å²) in [5, 5.41) is 7.77. The Morgan fingerprint density at radius 3 is 2.94 bits per heavy atom. The molecule has 0 saturated heterocycles. The highest BCUT2D eigenvalue weighted by Crippen LogP contribution is 2.26. The average Bonchev–Trinajstić information content (AvgIpc) is 3.02. The molecule has 2 aromatic heterocycles. The van der Waals surface area contributed by atoms with Crippen molar-refractivity contribution in [2.75, 3.05) is 13.7 Å². The van der Waals surface area contributed by atoms with Crippen molar-refractivity contribution in [2.24, 2.45) is 0 Å². The van der Waals surface area contributed by atoms with E-state index in [-0.39, 0.29) is 6.04 Å². The zero-order valence-electron chi connectivity index (χ0n) is 10.8. The van der Waals surface area contributed by atoms with Crippen LogP contribution in [0.1, 0.15) is 36.5 Å². The minimum Gasteiger partial charge on any atom is -0.462 e. The van der Waals surface area contributed by atoms with Crippen LogP contribution in [-0.2, 0) is 11.3 Å². The third kappa shape index (κ3) is 3.22. The molecule has 3 nitrogen and oxygen atoms in total. The molecule has 98 valence electrons. The number of ether oxygens (including phenoxy) is 1. The summed E-state index contributed by atoms with van der Waals surface area (Å²) in [6.07, 6.45) is 1.10. The Morgan fingerprint density at radius 1 is 1.39 bits per heavy atom. The predicted molar refractivity (Wildman–Crippen MR) is 73.9 cm³/mol. The van der Waals surface area contributed by atoms with Crippen molar-refractivity contribution in [2.45, 2.75) is 26.0 Å². The van der Waals surface area contributed by atoms with Crippen molar-refractivity contribution < 1.29 is 9.15 Å². The molecular formula is C14H19NO2S. The maximum Gasteiger partial charge on any atom is 0.129 e. The monoisotopic (exact) mass is 265 g/mol. The lowest BCUT2D eigenvalue weighted by Crippen LogP contribution is -2.22. The molecule has 1 unspecified atom stereocenters. The zero-order chi connectivity index (χ0) is 12.8. The summed E-state index contributed by atoms with van der Waals surface area (Å²) in [6, 6.07) is 6.28. The van der Waals surface area contributed by atoms with Gasteiger partial charge in [-0.2, -0.15) is 11.3 Å². The second kappa shape index (κ2) is 6.73. The van der Waals surface area contributed by atoms with Gasteiger partial charge in [0.1, 0.15) is 18.1 Å². The maximum absolute atomic E-state index is 5.82. The molecule has 0 spiro atoms. The molecule has 0 fully saturated rings. The molecular weight excluding hydrogens is 246 g/mol. The van der Waals surface area contributed by atoms with E-state index < -0.39 is 0 Å². The van der Waals surface area contributed by atoms with Crippen LogP contribution in [0.3, 0.4) is 0 Å². The summed E-state index contributed by atoms with van der Waals surface area (Å²) in [7, 11) is 1.67. The highest BCUT2D eigenvalue weighted by atomic mass is 32.1. The molecule has 0 saturated carbocycles. The van der Waals surface area contributed by atoms with Crippen LogP contribution in [0.25, 0.3) is 0 Å². The number of nitrogens with one attached hydrogen (secondary N) is 1. The van der Waals surface area contributed by atoms with Gasteiger partial charge in [-0.05, 0) is 47.5 Å². The van der Waals surface area contributed by atoms with E-state index in [0.717, 1.165) is 24.5 Å². The van der Waals surface area contributed by atoms with Crippen molar-refractivity contribution in [1.29, 1.82) is 0 Å². The van der Waals surface area contributed by atoms with Crippen LogP contribution in [-0.4, -0.2) is 13.7 Å². The van der Waals surface area contributed by atoms with Crippen molar-refractivity contribution in [3.63, 3.8) is 0 Å². The first-order chi connectivity index (χ1) is 8.85. The normalized spacial score (nSPS) is 12.8. The van der Waals surface area contributed by atoms with Crippen LogP contribution in [0.15, 0.2) is 33.4 Å². The van der Waals surface area contributed by atoms with Crippen LogP contribution in [0.5, 0.6) is 0 Å². The second-order valence-electron chi connectivity index (χ2n) is 4.18. The summed E-state index contributed by atoms with van der Waals surface area (Å²) in [4.78, 5) is 0. The Kier molecular flexibility index (Phi) is 4.99. The standard InChI is InChI=1S/C14H19NO2S/c1-3-7-15-14(11-6-8-18-10-11)13-5-4-12(17-13)9-16-2/h4-6,8,10,14-15H,3,7,9H2,1-2H3. The summed E-state index contributed by atoms with van der Waals surface area (Å²) >= 11 is 1.71. The Morgan fingerprint density at radius 2 is 2.28 bits per heavy atom. The first-order valence-corrected chi connectivity index (χ1v) is 7.12. The third-order valence-electron chi connectivity index (χ3n) is 2.73. The van der Waals surface area contributed by atoms with Crippen LogP contribution in [0.4, 0.5) is 0 Å². The maximum atomic E-state index is 5.82. The molecule has 1 atom stereocenters. The second-order valence-corrected chi connectivity index (χ2v) is 4.96. The fraction of sp³-hybridized carbons (Fsp3) is 0.429. The van der Waals surface area contributed by atoms with Gasteiger partial charge in [-0.1, -0.05) is 6.92 Å². The van der Waals surface area contributed by atoms with Crippen molar-refractivity contribution in [1.82, 2.24) is 5.32 Å². The Hall–Kier alpha value is -1.10. The molecule has 0 aromatic carbocycles. The molecule has 2 heterocycles. The highest BCUT2D eigenvalue weighted by molar-refractivity contribution is 7.08. The van der Waals surface area contributed by atoms with Gasteiger partial charge in [0.2, 0.25) is 0 Å². The van der Waals surface area contributed by atoms with Crippen molar-refractivity contribution >= 4 is 11.3 Å². The molecule has 0 radical (unpaired) electrons. The number of hydrogen-bond donors (Lipinski definition) is 1.